The van der Waals surface area contributed by atoms with E-state index in [1.165, 1.54) is 17.6 Å². The molecule has 0 fully saturated rings. The van der Waals surface area contributed by atoms with Crippen LogP contribution in [0, 0.1) is 0 Å². The van der Waals surface area contributed by atoms with Gasteiger partial charge in [-0.3, -0.25) is 0 Å². The molecule has 0 aromatic carbocycles. The molecule has 2 aromatic heterocycles. The van der Waals surface area contributed by atoms with Crippen molar-refractivity contribution in [2.24, 2.45) is 0 Å². The average Bonchev–Trinajstić information content (AvgIpc) is 2.99. The number of hydrogen-bond donors (Lipinski definition) is 1. The molecule has 1 atom stereocenters. The largest absolute Gasteiger partial charge is 0.461 e. The zero-order chi connectivity index (χ0) is 13.0. The Balaban J connectivity index is 2.00. The summed E-state index contributed by atoms with van der Waals surface area (Å²) in [6, 6.07) is 0.249. The quantitative estimate of drug-likeness (QED) is 0.838. The van der Waals surface area contributed by atoms with Gasteiger partial charge in [-0.25, -0.2) is 9.78 Å². The van der Waals surface area contributed by atoms with Crippen LogP contribution in [0.5, 0.6) is 0 Å². The van der Waals surface area contributed by atoms with Crippen LogP contribution < -0.4 is 5.32 Å². The van der Waals surface area contributed by atoms with Crippen molar-refractivity contribution in [3.8, 4) is 0 Å². The zero-order valence-electron chi connectivity index (χ0n) is 10.0. The maximum Gasteiger partial charge on any atom is 0.360 e. The molecule has 0 saturated carbocycles. The van der Waals surface area contributed by atoms with E-state index in [-0.39, 0.29) is 17.8 Å². The monoisotopic (exact) mass is 267 g/mol. The maximum absolute atomic E-state index is 11.4. The molecule has 0 radical (unpaired) electrons. The molecule has 7 heteroatoms. The lowest BCUT2D eigenvalue weighted by Crippen LogP contribution is -2.08. The third kappa shape index (κ3) is 2.86. The first-order valence-electron chi connectivity index (χ1n) is 5.49. The van der Waals surface area contributed by atoms with Crippen LogP contribution in [0.4, 0.5) is 6.01 Å². The van der Waals surface area contributed by atoms with Crippen LogP contribution in [0.25, 0.3) is 0 Å². The highest BCUT2D eigenvalue weighted by Gasteiger charge is 2.15. The van der Waals surface area contributed by atoms with Gasteiger partial charge in [-0.2, -0.15) is 4.98 Å². The minimum atomic E-state index is -0.490. The van der Waals surface area contributed by atoms with Gasteiger partial charge in [0.15, 0.2) is 5.69 Å². The SMILES string of the molecule is CCOC(=O)c1coc(NC(C)c2nccs2)n1. The number of rotatable bonds is 5. The highest BCUT2D eigenvalue weighted by molar-refractivity contribution is 7.09. The molecule has 1 N–H and O–H groups in total. The number of carbonyl (C=O) groups is 1. The van der Waals surface area contributed by atoms with E-state index in [9.17, 15) is 4.79 Å². The average molecular weight is 267 g/mol. The Hall–Kier alpha value is -1.89. The Morgan fingerprint density at radius 2 is 2.50 bits per heavy atom. The molecule has 0 aliphatic rings. The molecule has 2 aromatic rings. The molecule has 18 heavy (non-hydrogen) atoms. The lowest BCUT2D eigenvalue weighted by molar-refractivity contribution is 0.0519. The van der Waals surface area contributed by atoms with Crippen LogP contribution in [0.3, 0.4) is 0 Å². The third-order valence-electron chi connectivity index (χ3n) is 2.15. The molecule has 0 saturated heterocycles. The summed E-state index contributed by atoms with van der Waals surface area (Å²) in [4.78, 5) is 19.6. The maximum atomic E-state index is 11.4. The van der Waals surface area contributed by atoms with Crippen molar-refractivity contribution in [2.45, 2.75) is 19.9 Å². The van der Waals surface area contributed by atoms with Crippen molar-refractivity contribution < 1.29 is 13.9 Å². The second kappa shape index (κ2) is 5.63. The summed E-state index contributed by atoms with van der Waals surface area (Å²) < 4.78 is 9.97. The van der Waals surface area contributed by atoms with Crippen molar-refractivity contribution in [3.63, 3.8) is 0 Å². The van der Waals surface area contributed by atoms with Gasteiger partial charge in [-0.05, 0) is 13.8 Å². The molecule has 6 nitrogen and oxygen atoms in total. The number of nitrogens with one attached hydrogen (secondary N) is 1. The molecule has 0 aliphatic carbocycles. The van der Waals surface area contributed by atoms with Gasteiger partial charge >= 0.3 is 5.97 Å². The molecular weight excluding hydrogens is 254 g/mol. The fraction of sp³-hybridized carbons (Fsp3) is 0.364. The number of carbonyl (C=O) groups excluding carboxylic acids is 1. The minimum absolute atomic E-state index is 0.0290. The number of aromatic nitrogens is 2. The lowest BCUT2D eigenvalue weighted by atomic mass is 10.4. The molecular formula is C11H13N3O3S. The first-order valence-corrected chi connectivity index (χ1v) is 6.37. The van der Waals surface area contributed by atoms with E-state index in [1.54, 1.807) is 13.1 Å². The number of oxazole rings is 1. The fourth-order valence-electron chi connectivity index (χ4n) is 1.33. The van der Waals surface area contributed by atoms with E-state index in [1.807, 2.05) is 12.3 Å². The van der Waals surface area contributed by atoms with Gasteiger partial charge in [0.1, 0.15) is 11.3 Å². The topological polar surface area (TPSA) is 77.2 Å². The smallest absolute Gasteiger partial charge is 0.360 e. The number of nitrogens with zero attached hydrogens (tertiary/aromatic N) is 2. The van der Waals surface area contributed by atoms with E-state index in [4.69, 9.17) is 9.15 Å². The Kier molecular flexibility index (Phi) is 3.93. The van der Waals surface area contributed by atoms with Crippen LogP contribution in [-0.4, -0.2) is 22.5 Å². The summed E-state index contributed by atoms with van der Waals surface area (Å²) in [6.45, 7) is 3.98. The standard InChI is InChI=1S/C11H13N3O3S/c1-3-16-10(15)8-6-17-11(14-8)13-7(2)9-12-4-5-18-9/h4-7H,3H2,1-2H3,(H,13,14). The van der Waals surface area contributed by atoms with Crippen LogP contribution in [-0.2, 0) is 4.74 Å². The van der Waals surface area contributed by atoms with Gasteiger partial charge in [-0.1, -0.05) is 0 Å². The fourth-order valence-corrected chi connectivity index (χ4v) is 1.98. The Morgan fingerprint density at radius 1 is 1.67 bits per heavy atom. The predicted octanol–water partition coefficient (Wildman–Crippen LogP) is 2.48. The molecule has 1 unspecified atom stereocenters. The van der Waals surface area contributed by atoms with E-state index >= 15 is 0 Å². The van der Waals surface area contributed by atoms with Crippen LogP contribution in [0.1, 0.15) is 35.4 Å². The van der Waals surface area contributed by atoms with E-state index < -0.39 is 5.97 Å². The second-order valence-electron chi connectivity index (χ2n) is 3.49. The highest BCUT2D eigenvalue weighted by Crippen LogP contribution is 2.20. The summed E-state index contributed by atoms with van der Waals surface area (Å²) in [5, 5.41) is 5.84. The first kappa shape index (κ1) is 12.6. The van der Waals surface area contributed by atoms with Crippen molar-refractivity contribution in [3.05, 3.63) is 28.5 Å². The number of esters is 1. The zero-order valence-corrected chi connectivity index (χ0v) is 10.9. The number of thiazole rings is 1. The first-order chi connectivity index (χ1) is 8.70. The highest BCUT2D eigenvalue weighted by atomic mass is 32.1. The summed E-state index contributed by atoms with van der Waals surface area (Å²) in [7, 11) is 0. The van der Waals surface area contributed by atoms with Gasteiger partial charge in [0.2, 0.25) is 0 Å². The summed E-state index contributed by atoms with van der Waals surface area (Å²) in [5.41, 5.74) is 0.158. The molecule has 0 aliphatic heterocycles. The minimum Gasteiger partial charge on any atom is -0.461 e. The van der Waals surface area contributed by atoms with E-state index in [0.29, 0.717) is 6.61 Å². The van der Waals surface area contributed by atoms with Gasteiger partial charge in [0.05, 0.1) is 12.6 Å². The van der Waals surface area contributed by atoms with Gasteiger partial charge < -0.3 is 14.5 Å². The van der Waals surface area contributed by atoms with Crippen molar-refractivity contribution in [1.29, 1.82) is 0 Å². The Labute approximate surface area is 108 Å². The number of anilines is 1. The van der Waals surface area contributed by atoms with E-state index in [2.05, 4.69) is 15.3 Å². The predicted molar refractivity (Wildman–Crippen MR) is 66.6 cm³/mol. The molecule has 2 rings (SSSR count). The second-order valence-corrected chi connectivity index (χ2v) is 4.42. The van der Waals surface area contributed by atoms with Crippen LogP contribution in [0.2, 0.25) is 0 Å². The van der Waals surface area contributed by atoms with Crippen molar-refractivity contribution >= 4 is 23.3 Å². The molecule has 0 amide bonds. The molecule has 0 bridgehead atoms. The molecule has 2 heterocycles. The Morgan fingerprint density at radius 3 is 3.17 bits per heavy atom. The molecule has 96 valence electrons. The summed E-state index contributed by atoms with van der Waals surface area (Å²) in [5.74, 6) is -0.490. The summed E-state index contributed by atoms with van der Waals surface area (Å²) >= 11 is 1.54. The molecule has 0 spiro atoms. The number of hydrogen-bond acceptors (Lipinski definition) is 7. The third-order valence-corrected chi connectivity index (χ3v) is 3.11. The van der Waals surface area contributed by atoms with Crippen LogP contribution in [0.15, 0.2) is 22.3 Å². The number of ether oxygens (including phenoxy) is 1. The van der Waals surface area contributed by atoms with Gasteiger partial charge in [0, 0.05) is 11.6 Å². The van der Waals surface area contributed by atoms with E-state index in [0.717, 1.165) is 5.01 Å². The van der Waals surface area contributed by atoms with Crippen molar-refractivity contribution in [2.75, 3.05) is 11.9 Å². The lowest BCUT2D eigenvalue weighted by Gasteiger charge is -2.07. The van der Waals surface area contributed by atoms with Crippen LogP contribution >= 0.6 is 11.3 Å². The van der Waals surface area contributed by atoms with Gasteiger partial charge in [0.25, 0.3) is 6.01 Å². The normalized spacial score (nSPS) is 12.1. The van der Waals surface area contributed by atoms with Gasteiger partial charge in [-0.15, -0.1) is 11.3 Å². The van der Waals surface area contributed by atoms with Crippen molar-refractivity contribution in [1.82, 2.24) is 9.97 Å². The Bertz CT molecular complexity index is 509. The summed E-state index contributed by atoms with van der Waals surface area (Å²) in [6.07, 6.45) is 3.01.